The lowest BCUT2D eigenvalue weighted by Crippen LogP contribution is -2.45. The maximum Gasteiger partial charge on any atom is 0.0618 e. The lowest BCUT2D eigenvalue weighted by molar-refractivity contribution is 0.200. The van der Waals surface area contributed by atoms with Gasteiger partial charge >= 0.3 is 0 Å². The van der Waals surface area contributed by atoms with E-state index in [4.69, 9.17) is 0 Å². The van der Waals surface area contributed by atoms with Crippen molar-refractivity contribution in [1.82, 2.24) is 5.32 Å². The Balaban J connectivity index is 2.48. The lowest BCUT2D eigenvalue weighted by atomic mass is 10.1. The molecule has 0 spiro atoms. The van der Waals surface area contributed by atoms with Gasteiger partial charge in [-0.1, -0.05) is 18.2 Å². The zero-order valence-corrected chi connectivity index (χ0v) is 9.47. The van der Waals surface area contributed by atoms with Crippen molar-refractivity contribution in [2.24, 2.45) is 0 Å². The van der Waals surface area contributed by atoms with E-state index in [1.54, 1.807) is 11.8 Å². The Morgan fingerprint density at radius 3 is 2.50 bits per heavy atom. The molecule has 3 heteroatoms. The predicted molar refractivity (Wildman–Crippen MR) is 61.7 cm³/mol. The highest BCUT2D eigenvalue weighted by Gasteiger charge is 2.20. The molecule has 1 unspecified atom stereocenters. The molecule has 1 aromatic carbocycles. The van der Waals surface area contributed by atoms with Gasteiger partial charge in [0.2, 0.25) is 0 Å². The van der Waals surface area contributed by atoms with Gasteiger partial charge in [-0.05, 0) is 26.1 Å². The molecule has 1 atom stereocenters. The third-order valence-electron chi connectivity index (χ3n) is 2.25. The summed E-state index contributed by atoms with van der Waals surface area (Å²) in [6.45, 7) is 2.17. The van der Waals surface area contributed by atoms with E-state index in [9.17, 15) is 5.11 Å². The van der Waals surface area contributed by atoms with Crippen LogP contribution in [0.2, 0.25) is 0 Å². The molecule has 1 rings (SSSR count). The van der Waals surface area contributed by atoms with E-state index in [1.807, 2.05) is 32.2 Å². The molecular formula is C11H17NOS. The van der Waals surface area contributed by atoms with Crippen LogP contribution in [0.3, 0.4) is 0 Å². The van der Waals surface area contributed by atoms with Crippen LogP contribution in [0.25, 0.3) is 0 Å². The van der Waals surface area contributed by atoms with Crippen LogP contribution in [0, 0.1) is 0 Å². The van der Waals surface area contributed by atoms with E-state index in [0.717, 1.165) is 5.75 Å². The van der Waals surface area contributed by atoms with Gasteiger partial charge in [0.1, 0.15) is 0 Å². The Morgan fingerprint density at radius 2 is 2.00 bits per heavy atom. The van der Waals surface area contributed by atoms with Crippen LogP contribution < -0.4 is 5.32 Å². The van der Waals surface area contributed by atoms with Gasteiger partial charge in [0.15, 0.2) is 0 Å². The van der Waals surface area contributed by atoms with E-state index in [-0.39, 0.29) is 12.1 Å². The van der Waals surface area contributed by atoms with Crippen LogP contribution in [-0.2, 0) is 0 Å². The quantitative estimate of drug-likeness (QED) is 0.728. The number of aliphatic hydroxyl groups excluding tert-OH is 1. The van der Waals surface area contributed by atoms with Crippen LogP contribution in [0.5, 0.6) is 0 Å². The molecule has 0 amide bonds. The maximum atomic E-state index is 9.19. The fourth-order valence-corrected chi connectivity index (χ4v) is 2.03. The average molecular weight is 211 g/mol. The molecule has 0 saturated heterocycles. The molecule has 14 heavy (non-hydrogen) atoms. The monoisotopic (exact) mass is 211 g/mol. The summed E-state index contributed by atoms with van der Waals surface area (Å²) in [7, 11) is 1.88. The Kier molecular flexibility index (Phi) is 4.45. The van der Waals surface area contributed by atoms with E-state index < -0.39 is 0 Å². The second kappa shape index (κ2) is 5.39. The van der Waals surface area contributed by atoms with Gasteiger partial charge < -0.3 is 10.4 Å². The topological polar surface area (TPSA) is 32.3 Å². The SMILES string of the molecule is CNC(C)(CO)CSc1ccccc1. The van der Waals surface area contributed by atoms with Gasteiger partial charge in [-0.3, -0.25) is 0 Å². The summed E-state index contributed by atoms with van der Waals surface area (Å²) in [6.07, 6.45) is 0. The molecular weight excluding hydrogens is 194 g/mol. The molecule has 78 valence electrons. The van der Waals surface area contributed by atoms with Crippen molar-refractivity contribution in [3.8, 4) is 0 Å². The van der Waals surface area contributed by atoms with Crippen molar-refractivity contribution in [3.63, 3.8) is 0 Å². The number of rotatable bonds is 5. The molecule has 0 heterocycles. The third kappa shape index (κ3) is 3.33. The summed E-state index contributed by atoms with van der Waals surface area (Å²) in [5.74, 6) is 0.865. The normalized spacial score (nSPS) is 15.1. The first-order valence-corrected chi connectivity index (χ1v) is 5.66. The minimum absolute atomic E-state index is 0.156. The van der Waals surface area contributed by atoms with E-state index in [2.05, 4.69) is 17.4 Å². The standard InChI is InChI=1S/C11H17NOS/c1-11(8-13,12-2)9-14-10-6-4-3-5-7-10/h3-7,12-13H,8-9H2,1-2H3. The number of benzene rings is 1. The Hall–Kier alpha value is -0.510. The molecule has 2 N–H and O–H groups in total. The van der Waals surface area contributed by atoms with Gasteiger partial charge in [0.05, 0.1) is 6.61 Å². The van der Waals surface area contributed by atoms with Gasteiger partial charge in [-0.2, -0.15) is 0 Å². The first-order valence-electron chi connectivity index (χ1n) is 4.68. The predicted octanol–water partition coefficient (Wildman–Crippen LogP) is 1.75. The van der Waals surface area contributed by atoms with Gasteiger partial charge in [-0.25, -0.2) is 0 Å². The number of likely N-dealkylation sites (N-methyl/N-ethyl adjacent to an activating group) is 1. The summed E-state index contributed by atoms with van der Waals surface area (Å²) >= 11 is 1.75. The first kappa shape index (κ1) is 11.6. The highest BCUT2D eigenvalue weighted by molar-refractivity contribution is 7.99. The molecule has 0 saturated carbocycles. The van der Waals surface area contributed by atoms with E-state index in [0.29, 0.717) is 0 Å². The average Bonchev–Trinajstić information content (AvgIpc) is 2.27. The van der Waals surface area contributed by atoms with Crippen LogP contribution in [0.15, 0.2) is 35.2 Å². The molecule has 2 nitrogen and oxygen atoms in total. The Labute approximate surface area is 89.7 Å². The van der Waals surface area contributed by atoms with Crippen molar-refractivity contribution < 1.29 is 5.11 Å². The molecule has 0 radical (unpaired) electrons. The molecule has 0 aliphatic heterocycles. The molecule has 0 aliphatic carbocycles. The third-order valence-corrected chi connectivity index (χ3v) is 3.64. The van der Waals surface area contributed by atoms with Crippen molar-refractivity contribution >= 4 is 11.8 Å². The smallest absolute Gasteiger partial charge is 0.0618 e. The minimum Gasteiger partial charge on any atom is -0.394 e. The number of aliphatic hydroxyl groups is 1. The van der Waals surface area contributed by atoms with Gasteiger partial charge in [-0.15, -0.1) is 11.8 Å². The van der Waals surface area contributed by atoms with Crippen molar-refractivity contribution in [2.45, 2.75) is 17.4 Å². The summed E-state index contributed by atoms with van der Waals surface area (Å²) in [5, 5.41) is 12.3. The Bertz CT molecular complexity index is 259. The maximum absolute atomic E-state index is 9.19. The highest BCUT2D eigenvalue weighted by atomic mass is 32.2. The fraction of sp³-hybridized carbons (Fsp3) is 0.455. The number of hydrogen-bond donors (Lipinski definition) is 2. The fourth-order valence-electron chi connectivity index (χ4n) is 0.956. The zero-order chi connectivity index (χ0) is 10.4. The van der Waals surface area contributed by atoms with Crippen molar-refractivity contribution in [2.75, 3.05) is 19.4 Å². The molecule has 0 fully saturated rings. The number of thioether (sulfide) groups is 1. The summed E-state index contributed by atoms with van der Waals surface area (Å²) in [4.78, 5) is 1.24. The molecule has 0 aliphatic rings. The van der Waals surface area contributed by atoms with Gasteiger partial charge in [0.25, 0.3) is 0 Å². The van der Waals surface area contributed by atoms with Crippen LogP contribution in [0.4, 0.5) is 0 Å². The number of hydrogen-bond acceptors (Lipinski definition) is 3. The first-order chi connectivity index (χ1) is 6.70. The van der Waals surface area contributed by atoms with Crippen LogP contribution >= 0.6 is 11.8 Å². The van der Waals surface area contributed by atoms with Gasteiger partial charge in [0, 0.05) is 16.2 Å². The molecule has 1 aromatic rings. The van der Waals surface area contributed by atoms with E-state index >= 15 is 0 Å². The molecule has 0 aromatic heterocycles. The van der Waals surface area contributed by atoms with Crippen LogP contribution in [-0.4, -0.2) is 30.1 Å². The second-order valence-corrected chi connectivity index (χ2v) is 4.62. The lowest BCUT2D eigenvalue weighted by Gasteiger charge is -2.26. The summed E-state index contributed by atoms with van der Waals surface area (Å²) < 4.78 is 0. The van der Waals surface area contributed by atoms with Crippen molar-refractivity contribution in [1.29, 1.82) is 0 Å². The second-order valence-electron chi connectivity index (χ2n) is 3.57. The van der Waals surface area contributed by atoms with Crippen molar-refractivity contribution in [3.05, 3.63) is 30.3 Å². The molecule has 0 bridgehead atoms. The largest absolute Gasteiger partial charge is 0.394 e. The summed E-state index contributed by atoms with van der Waals surface area (Å²) in [6, 6.07) is 10.2. The Morgan fingerprint density at radius 1 is 1.36 bits per heavy atom. The highest BCUT2D eigenvalue weighted by Crippen LogP contribution is 2.21. The number of nitrogens with one attached hydrogen (secondary N) is 1. The summed E-state index contributed by atoms with van der Waals surface area (Å²) in [5.41, 5.74) is -0.194. The van der Waals surface area contributed by atoms with Crippen LogP contribution in [0.1, 0.15) is 6.92 Å². The van der Waals surface area contributed by atoms with E-state index in [1.165, 1.54) is 4.90 Å². The zero-order valence-electron chi connectivity index (χ0n) is 8.66. The minimum atomic E-state index is -0.194.